The summed E-state index contributed by atoms with van der Waals surface area (Å²) in [6.07, 6.45) is 1.10. The van der Waals surface area contributed by atoms with Gasteiger partial charge in [0.05, 0.1) is 12.1 Å². The summed E-state index contributed by atoms with van der Waals surface area (Å²) in [4.78, 5) is 14.9. The lowest BCUT2D eigenvalue weighted by Gasteiger charge is -2.01. The Morgan fingerprint density at radius 1 is 1.42 bits per heavy atom. The summed E-state index contributed by atoms with van der Waals surface area (Å²) in [5, 5.41) is 14.7. The van der Waals surface area contributed by atoms with Crippen molar-refractivity contribution in [1.29, 1.82) is 0 Å². The van der Waals surface area contributed by atoms with Crippen molar-refractivity contribution in [2.24, 2.45) is 0 Å². The van der Waals surface area contributed by atoms with E-state index in [1.54, 1.807) is 5.38 Å². The average molecular weight is 274 g/mol. The molecule has 0 amide bonds. The second kappa shape index (κ2) is 5.01. The van der Waals surface area contributed by atoms with Crippen LogP contribution in [0.15, 0.2) is 35.7 Å². The molecule has 0 aliphatic heterocycles. The van der Waals surface area contributed by atoms with Gasteiger partial charge < -0.3 is 10.4 Å². The number of hydrogen-bond acceptors (Lipinski definition) is 4. The smallest absolute Gasteiger partial charge is 0.309 e. The first-order valence-electron chi connectivity index (χ1n) is 6.20. The molecule has 2 N–H and O–H groups in total. The molecule has 3 rings (SSSR count). The van der Waals surface area contributed by atoms with Gasteiger partial charge in [-0.25, -0.2) is 4.98 Å². The van der Waals surface area contributed by atoms with Gasteiger partial charge in [-0.1, -0.05) is 30.3 Å². The molecule has 1 aromatic heterocycles. The van der Waals surface area contributed by atoms with Crippen molar-refractivity contribution in [3.63, 3.8) is 0 Å². The van der Waals surface area contributed by atoms with E-state index in [2.05, 4.69) is 34.6 Å². The molecule has 0 spiro atoms. The first-order chi connectivity index (χ1) is 9.22. The molecule has 2 unspecified atom stereocenters. The molecule has 5 heteroatoms. The van der Waals surface area contributed by atoms with E-state index in [-0.39, 0.29) is 6.42 Å². The fraction of sp³-hybridized carbons (Fsp3) is 0.286. The summed E-state index contributed by atoms with van der Waals surface area (Å²) in [7, 11) is 0. The third-order valence-electron chi connectivity index (χ3n) is 3.21. The van der Waals surface area contributed by atoms with Gasteiger partial charge in [0.25, 0.3) is 0 Å². The predicted molar refractivity (Wildman–Crippen MR) is 74.7 cm³/mol. The molecule has 2 atom stereocenters. The molecule has 2 aromatic rings. The van der Waals surface area contributed by atoms with E-state index in [4.69, 9.17) is 5.11 Å². The highest BCUT2D eigenvalue weighted by molar-refractivity contribution is 7.13. The zero-order chi connectivity index (χ0) is 13.2. The molecule has 1 aliphatic carbocycles. The number of carboxylic acid groups (broad SMARTS) is 1. The van der Waals surface area contributed by atoms with Crippen molar-refractivity contribution in [2.75, 3.05) is 5.32 Å². The van der Waals surface area contributed by atoms with Gasteiger partial charge in [-0.15, -0.1) is 11.3 Å². The van der Waals surface area contributed by atoms with Crippen LogP contribution in [0.2, 0.25) is 0 Å². The van der Waals surface area contributed by atoms with Crippen molar-refractivity contribution >= 4 is 22.4 Å². The Morgan fingerprint density at radius 3 is 2.95 bits per heavy atom. The number of aromatic nitrogens is 1. The fourth-order valence-electron chi connectivity index (χ4n) is 2.19. The van der Waals surface area contributed by atoms with E-state index in [0.717, 1.165) is 11.6 Å². The molecule has 1 saturated carbocycles. The van der Waals surface area contributed by atoms with Crippen LogP contribution in [0.5, 0.6) is 0 Å². The van der Waals surface area contributed by atoms with E-state index in [1.807, 2.05) is 6.07 Å². The summed E-state index contributed by atoms with van der Waals surface area (Å²) in [6.45, 7) is 0. The molecule has 1 aromatic carbocycles. The van der Waals surface area contributed by atoms with Crippen LogP contribution in [-0.4, -0.2) is 22.1 Å². The summed E-state index contributed by atoms with van der Waals surface area (Å²) >= 11 is 1.47. The maximum atomic E-state index is 10.6. The normalized spacial score (nSPS) is 21.1. The molecule has 0 saturated heterocycles. The van der Waals surface area contributed by atoms with Gasteiger partial charge in [0.15, 0.2) is 5.13 Å². The van der Waals surface area contributed by atoms with Crippen LogP contribution in [-0.2, 0) is 11.2 Å². The number of nitrogens with zero attached hydrogens (tertiary/aromatic N) is 1. The zero-order valence-corrected chi connectivity index (χ0v) is 11.1. The van der Waals surface area contributed by atoms with Crippen molar-refractivity contribution in [1.82, 2.24) is 4.98 Å². The van der Waals surface area contributed by atoms with Gasteiger partial charge in [-0.3, -0.25) is 4.79 Å². The van der Waals surface area contributed by atoms with Gasteiger partial charge in [0, 0.05) is 17.3 Å². The Labute approximate surface area is 115 Å². The lowest BCUT2D eigenvalue weighted by Crippen LogP contribution is -2.05. The minimum absolute atomic E-state index is 0.00897. The Kier molecular flexibility index (Phi) is 3.21. The van der Waals surface area contributed by atoms with E-state index in [1.165, 1.54) is 16.9 Å². The van der Waals surface area contributed by atoms with Crippen LogP contribution in [0.1, 0.15) is 23.6 Å². The van der Waals surface area contributed by atoms with Crippen LogP contribution in [0.25, 0.3) is 0 Å². The first kappa shape index (κ1) is 12.2. The van der Waals surface area contributed by atoms with E-state index in [0.29, 0.717) is 17.7 Å². The third kappa shape index (κ3) is 2.93. The molecule has 1 heterocycles. The minimum atomic E-state index is -0.842. The van der Waals surface area contributed by atoms with Gasteiger partial charge in [0.1, 0.15) is 0 Å². The number of hydrogen-bond donors (Lipinski definition) is 2. The molecular weight excluding hydrogens is 260 g/mol. The Hall–Kier alpha value is -1.88. The van der Waals surface area contributed by atoms with Crippen molar-refractivity contribution in [2.45, 2.75) is 24.8 Å². The van der Waals surface area contributed by atoms with Gasteiger partial charge >= 0.3 is 5.97 Å². The highest BCUT2D eigenvalue weighted by Gasteiger charge is 2.38. The summed E-state index contributed by atoms with van der Waals surface area (Å²) < 4.78 is 0. The van der Waals surface area contributed by atoms with E-state index < -0.39 is 5.97 Å². The second-order valence-corrected chi connectivity index (χ2v) is 5.58. The van der Waals surface area contributed by atoms with Crippen LogP contribution in [0, 0.1) is 0 Å². The quantitative estimate of drug-likeness (QED) is 0.880. The van der Waals surface area contributed by atoms with Gasteiger partial charge in [0.2, 0.25) is 0 Å². The fourth-order valence-corrected chi connectivity index (χ4v) is 2.96. The molecule has 0 radical (unpaired) electrons. The van der Waals surface area contributed by atoms with E-state index in [9.17, 15) is 4.79 Å². The Bertz CT molecular complexity index is 582. The lowest BCUT2D eigenvalue weighted by atomic mass is 10.1. The summed E-state index contributed by atoms with van der Waals surface area (Å²) in [5.41, 5.74) is 1.97. The number of nitrogens with one attached hydrogen (secondary N) is 1. The second-order valence-electron chi connectivity index (χ2n) is 4.72. The molecule has 98 valence electrons. The maximum Gasteiger partial charge on any atom is 0.309 e. The highest BCUT2D eigenvalue weighted by atomic mass is 32.1. The minimum Gasteiger partial charge on any atom is -0.481 e. The van der Waals surface area contributed by atoms with Crippen LogP contribution in [0.3, 0.4) is 0 Å². The summed E-state index contributed by atoms with van der Waals surface area (Å²) in [6, 6.07) is 10.8. The summed E-state index contributed by atoms with van der Waals surface area (Å²) in [5.74, 6) is -0.293. The number of rotatable bonds is 5. The van der Waals surface area contributed by atoms with Gasteiger partial charge in [-0.2, -0.15) is 0 Å². The molecule has 0 bridgehead atoms. The van der Waals surface area contributed by atoms with Crippen LogP contribution >= 0.6 is 11.3 Å². The van der Waals surface area contributed by atoms with E-state index >= 15 is 0 Å². The molecule has 1 fully saturated rings. The van der Waals surface area contributed by atoms with Crippen molar-refractivity contribution < 1.29 is 9.90 Å². The Morgan fingerprint density at radius 2 is 2.21 bits per heavy atom. The lowest BCUT2D eigenvalue weighted by molar-refractivity contribution is -0.136. The third-order valence-corrected chi connectivity index (χ3v) is 4.03. The molecule has 19 heavy (non-hydrogen) atoms. The van der Waals surface area contributed by atoms with Crippen molar-refractivity contribution in [3.8, 4) is 0 Å². The largest absolute Gasteiger partial charge is 0.481 e. The number of carboxylic acids is 1. The zero-order valence-electron chi connectivity index (χ0n) is 10.2. The first-order valence-corrected chi connectivity index (χ1v) is 7.08. The average Bonchev–Trinajstić information content (AvgIpc) is 3.02. The maximum absolute atomic E-state index is 10.6. The predicted octanol–water partition coefficient (Wildman–Crippen LogP) is 2.74. The monoisotopic (exact) mass is 274 g/mol. The SMILES string of the molecule is O=C(O)Cc1csc(NC2CC2c2ccccc2)n1. The highest BCUT2D eigenvalue weighted by Crippen LogP contribution is 2.43. The number of benzene rings is 1. The number of carbonyl (C=O) groups is 1. The standard InChI is InChI=1S/C14H14N2O2S/c17-13(18)6-10-8-19-14(15-10)16-12-7-11(12)9-4-2-1-3-5-9/h1-5,8,11-12H,6-7H2,(H,15,16)(H,17,18). The molecular formula is C14H14N2O2S. The van der Waals surface area contributed by atoms with Crippen molar-refractivity contribution in [3.05, 3.63) is 47.0 Å². The molecule has 4 nitrogen and oxygen atoms in total. The number of aliphatic carboxylic acids is 1. The topological polar surface area (TPSA) is 62.2 Å². The number of anilines is 1. The molecule has 1 aliphatic rings. The number of thiazole rings is 1. The van der Waals surface area contributed by atoms with Gasteiger partial charge in [-0.05, 0) is 12.0 Å². The van der Waals surface area contributed by atoms with Crippen LogP contribution < -0.4 is 5.32 Å². The Balaban J connectivity index is 1.59. The van der Waals surface area contributed by atoms with Crippen LogP contribution in [0.4, 0.5) is 5.13 Å².